The second-order valence-corrected chi connectivity index (χ2v) is 6.01. The van der Waals surface area contributed by atoms with Gasteiger partial charge in [-0.3, -0.25) is 4.99 Å². The molecule has 26 heavy (non-hydrogen) atoms. The molecule has 8 heteroatoms. The van der Waals surface area contributed by atoms with Crippen LogP contribution in [0.4, 0.5) is 0 Å². The van der Waals surface area contributed by atoms with Gasteiger partial charge in [-0.05, 0) is 34.9 Å². The lowest BCUT2D eigenvalue weighted by Crippen LogP contribution is -2.37. The summed E-state index contributed by atoms with van der Waals surface area (Å²) in [7, 11) is 6.62. The van der Waals surface area contributed by atoms with E-state index in [1.54, 1.807) is 39.7 Å². The molecule has 0 aliphatic carbocycles. The topological polar surface area (TPSA) is 64.1 Å². The number of nitrogens with one attached hydrogen (secondary N) is 2. The molecular weight excluding hydrogens is 465 g/mol. The van der Waals surface area contributed by atoms with Crippen LogP contribution in [0.2, 0.25) is 0 Å². The summed E-state index contributed by atoms with van der Waals surface area (Å²) in [5.74, 6) is 2.74. The lowest BCUT2D eigenvalue weighted by Gasteiger charge is -2.16. The summed E-state index contributed by atoms with van der Waals surface area (Å²) in [6, 6.07) is 5.98. The molecule has 0 aliphatic heterocycles. The van der Waals surface area contributed by atoms with Crippen molar-refractivity contribution in [2.75, 3.05) is 34.9 Å². The molecule has 1 aromatic heterocycles. The highest BCUT2D eigenvalue weighted by Gasteiger charge is 2.15. The third kappa shape index (κ3) is 5.94. The van der Waals surface area contributed by atoms with Crippen molar-refractivity contribution in [3.05, 3.63) is 40.1 Å². The molecule has 1 aromatic carbocycles. The van der Waals surface area contributed by atoms with Crippen LogP contribution in [0.5, 0.6) is 17.2 Å². The van der Waals surface area contributed by atoms with Gasteiger partial charge >= 0.3 is 0 Å². The van der Waals surface area contributed by atoms with Crippen LogP contribution in [-0.2, 0) is 13.0 Å². The molecule has 0 bridgehead atoms. The average Bonchev–Trinajstić information content (AvgIpc) is 3.17. The SMILES string of the molecule is CN=C(NCCc1ccc(OC)c(OC)c1OC)NCc1ccsc1.I. The summed E-state index contributed by atoms with van der Waals surface area (Å²) >= 11 is 1.69. The van der Waals surface area contributed by atoms with Crippen LogP contribution >= 0.6 is 35.3 Å². The van der Waals surface area contributed by atoms with E-state index in [1.807, 2.05) is 12.1 Å². The van der Waals surface area contributed by atoms with Gasteiger partial charge in [-0.2, -0.15) is 11.3 Å². The highest BCUT2D eigenvalue weighted by molar-refractivity contribution is 14.0. The lowest BCUT2D eigenvalue weighted by atomic mass is 10.1. The Kier molecular flexibility index (Phi) is 10.2. The third-order valence-electron chi connectivity index (χ3n) is 3.74. The van der Waals surface area contributed by atoms with Gasteiger partial charge in [0.1, 0.15) is 0 Å². The predicted octanol–water partition coefficient (Wildman–Crippen LogP) is 3.30. The van der Waals surface area contributed by atoms with Crippen LogP contribution in [0.3, 0.4) is 0 Å². The lowest BCUT2D eigenvalue weighted by molar-refractivity contribution is 0.322. The fraction of sp³-hybridized carbons (Fsp3) is 0.389. The van der Waals surface area contributed by atoms with Gasteiger partial charge in [-0.15, -0.1) is 24.0 Å². The number of methoxy groups -OCH3 is 3. The number of hydrogen-bond acceptors (Lipinski definition) is 5. The van der Waals surface area contributed by atoms with Gasteiger partial charge in [0.25, 0.3) is 0 Å². The van der Waals surface area contributed by atoms with Crippen molar-refractivity contribution in [1.29, 1.82) is 0 Å². The Balaban J connectivity index is 0.00000338. The zero-order valence-corrected chi connectivity index (χ0v) is 18.6. The standard InChI is InChI=1S/C18H25N3O3S.HI/c1-19-18(21-11-13-8-10-25-12-13)20-9-7-14-5-6-15(22-2)17(24-4)16(14)23-3;/h5-6,8,10,12H,7,9,11H2,1-4H3,(H2,19,20,21);1H. The third-order valence-corrected chi connectivity index (χ3v) is 4.47. The summed E-state index contributed by atoms with van der Waals surface area (Å²) in [5, 5.41) is 10.8. The van der Waals surface area contributed by atoms with Crippen molar-refractivity contribution in [3.63, 3.8) is 0 Å². The molecule has 6 nitrogen and oxygen atoms in total. The van der Waals surface area contributed by atoms with Crippen molar-refractivity contribution < 1.29 is 14.2 Å². The predicted molar refractivity (Wildman–Crippen MR) is 118 cm³/mol. The first-order valence-electron chi connectivity index (χ1n) is 7.96. The molecule has 0 unspecified atom stereocenters. The molecule has 0 aliphatic rings. The first-order valence-corrected chi connectivity index (χ1v) is 8.91. The Morgan fingerprint density at radius 2 is 1.81 bits per heavy atom. The van der Waals surface area contributed by atoms with Crippen molar-refractivity contribution >= 4 is 41.3 Å². The first kappa shape index (κ1) is 22.4. The minimum absolute atomic E-state index is 0. The Morgan fingerprint density at radius 1 is 1.04 bits per heavy atom. The average molecular weight is 491 g/mol. The van der Waals surface area contributed by atoms with Gasteiger partial charge in [-0.1, -0.05) is 6.07 Å². The molecule has 2 rings (SSSR count). The Morgan fingerprint density at radius 3 is 2.38 bits per heavy atom. The maximum Gasteiger partial charge on any atom is 0.203 e. The van der Waals surface area contributed by atoms with Crippen molar-refractivity contribution in [2.45, 2.75) is 13.0 Å². The molecule has 0 amide bonds. The maximum absolute atomic E-state index is 5.51. The second-order valence-electron chi connectivity index (χ2n) is 5.23. The van der Waals surface area contributed by atoms with Gasteiger partial charge in [-0.25, -0.2) is 0 Å². The molecule has 2 N–H and O–H groups in total. The van der Waals surface area contributed by atoms with Crippen LogP contribution in [-0.4, -0.2) is 40.9 Å². The minimum Gasteiger partial charge on any atom is -0.493 e. The quantitative estimate of drug-likeness (QED) is 0.337. The van der Waals surface area contributed by atoms with E-state index >= 15 is 0 Å². The minimum atomic E-state index is 0. The molecule has 0 saturated carbocycles. The number of hydrogen-bond donors (Lipinski definition) is 2. The van der Waals surface area contributed by atoms with Crippen molar-refractivity contribution in [2.24, 2.45) is 4.99 Å². The highest BCUT2D eigenvalue weighted by Crippen LogP contribution is 2.39. The number of halogens is 1. The van der Waals surface area contributed by atoms with Crippen molar-refractivity contribution in [1.82, 2.24) is 10.6 Å². The van der Waals surface area contributed by atoms with E-state index in [-0.39, 0.29) is 24.0 Å². The summed E-state index contributed by atoms with van der Waals surface area (Å²) in [6.45, 7) is 1.47. The molecule has 0 saturated heterocycles. The van der Waals surface area contributed by atoms with Gasteiger partial charge in [0, 0.05) is 25.7 Å². The van der Waals surface area contributed by atoms with Gasteiger partial charge in [0.05, 0.1) is 21.3 Å². The summed E-state index contributed by atoms with van der Waals surface area (Å²) in [4.78, 5) is 4.24. The fourth-order valence-electron chi connectivity index (χ4n) is 2.48. The molecule has 0 atom stereocenters. The van der Waals surface area contributed by atoms with E-state index in [0.717, 1.165) is 31.0 Å². The van der Waals surface area contributed by atoms with E-state index in [1.165, 1.54) is 5.56 Å². The molecular formula is C18H26IN3O3S. The highest BCUT2D eigenvalue weighted by atomic mass is 127. The number of benzene rings is 1. The summed E-state index contributed by atoms with van der Waals surface area (Å²) in [5.41, 5.74) is 2.29. The molecule has 144 valence electrons. The van der Waals surface area contributed by atoms with Crippen LogP contribution in [0.25, 0.3) is 0 Å². The smallest absolute Gasteiger partial charge is 0.203 e. The number of guanidine groups is 1. The van der Waals surface area contributed by atoms with Gasteiger partial charge in [0.15, 0.2) is 17.5 Å². The summed E-state index contributed by atoms with van der Waals surface area (Å²) in [6.07, 6.45) is 0.767. The normalized spacial score (nSPS) is 10.7. The molecule has 0 radical (unpaired) electrons. The van der Waals surface area contributed by atoms with Gasteiger partial charge < -0.3 is 24.8 Å². The number of thiophene rings is 1. The summed E-state index contributed by atoms with van der Waals surface area (Å²) < 4.78 is 16.2. The molecule has 0 fully saturated rings. The fourth-order valence-corrected chi connectivity index (χ4v) is 3.14. The first-order chi connectivity index (χ1) is 12.2. The van der Waals surface area contributed by atoms with Crippen LogP contribution < -0.4 is 24.8 Å². The van der Waals surface area contributed by atoms with E-state index in [2.05, 4.69) is 32.5 Å². The number of ether oxygens (including phenoxy) is 3. The van der Waals surface area contributed by atoms with E-state index in [4.69, 9.17) is 14.2 Å². The number of aliphatic imine (C=N–C) groups is 1. The van der Waals surface area contributed by atoms with E-state index < -0.39 is 0 Å². The Bertz CT molecular complexity index is 693. The Hall–Kier alpha value is -1.68. The monoisotopic (exact) mass is 491 g/mol. The largest absolute Gasteiger partial charge is 0.493 e. The van der Waals surface area contributed by atoms with Crippen LogP contribution in [0.1, 0.15) is 11.1 Å². The van der Waals surface area contributed by atoms with Crippen LogP contribution in [0.15, 0.2) is 34.0 Å². The van der Waals surface area contributed by atoms with Gasteiger partial charge in [0.2, 0.25) is 5.75 Å². The molecule has 0 spiro atoms. The second kappa shape index (κ2) is 11.8. The van der Waals surface area contributed by atoms with E-state index in [0.29, 0.717) is 17.2 Å². The zero-order chi connectivity index (χ0) is 18.1. The number of nitrogens with zero attached hydrogens (tertiary/aromatic N) is 1. The zero-order valence-electron chi connectivity index (χ0n) is 15.5. The maximum atomic E-state index is 5.51. The van der Waals surface area contributed by atoms with Crippen molar-refractivity contribution in [3.8, 4) is 17.2 Å². The van der Waals surface area contributed by atoms with Crippen LogP contribution in [0, 0.1) is 0 Å². The molecule has 1 heterocycles. The van der Waals surface area contributed by atoms with E-state index in [9.17, 15) is 0 Å². The number of rotatable bonds is 8. The molecule has 2 aromatic rings. The Labute approximate surface area is 176 Å².